The zero-order valence-corrected chi connectivity index (χ0v) is 9.90. The lowest BCUT2D eigenvalue weighted by atomic mass is 9.81. The van der Waals surface area contributed by atoms with Crippen molar-refractivity contribution >= 4 is 11.8 Å². The van der Waals surface area contributed by atoms with Crippen LogP contribution in [0.4, 0.5) is 0 Å². The van der Waals surface area contributed by atoms with E-state index < -0.39 is 0 Å². The highest BCUT2D eigenvalue weighted by Crippen LogP contribution is 2.33. The zero-order chi connectivity index (χ0) is 9.80. The summed E-state index contributed by atoms with van der Waals surface area (Å²) < 4.78 is 0. The molecule has 0 saturated heterocycles. The van der Waals surface area contributed by atoms with Gasteiger partial charge in [-0.1, -0.05) is 32.1 Å². The van der Waals surface area contributed by atoms with E-state index in [1.54, 1.807) is 0 Å². The van der Waals surface area contributed by atoms with E-state index in [1.807, 2.05) is 0 Å². The molecule has 2 saturated carbocycles. The van der Waals surface area contributed by atoms with Crippen molar-refractivity contribution in [2.45, 2.75) is 62.7 Å². The molecule has 0 heterocycles. The highest BCUT2D eigenvalue weighted by Gasteiger charge is 2.21. The van der Waals surface area contributed by atoms with Crippen LogP contribution in [-0.2, 0) is 0 Å². The summed E-state index contributed by atoms with van der Waals surface area (Å²) in [6.07, 6.45) is 11.4. The number of hydrogen-bond donors (Lipinski definition) is 1. The fraction of sp³-hybridized carbons (Fsp3) is 1.00. The van der Waals surface area contributed by atoms with Gasteiger partial charge in [0.15, 0.2) is 0 Å². The van der Waals surface area contributed by atoms with Crippen LogP contribution >= 0.6 is 11.8 Å². The van der Waals surface area contributed by atoms with Gasteiger partial charge in [-0.2, -0.15) is 11.8 Å². The molecule has 1 unspecified atom stereocenters. The average molecular weight is 213 g/mol. The van der Waals surface area contributed by atoms with Gasteiger partial charge in [0.05, 0.1) is 0 Å². The molecule has 1 nitrogen and oxygen atoms in total. The normalized spacial score (nSPS) is 26.4. The van der Waals surface area contributed by atoms with Crippen LogP contribution in [0.2, 0.25) is 0 Å². The predicted molar refractivity (Wildman–Crippen MR) is 64.6 cm³/mol. The van der Waals surface area contributed by atoms with E-state index in [2.05, 4.69) is 11.8 Å². The molecule has 2 aliphatic carbocycles. The Hall–Kier alpha value is 0.310. The minimum Gasteiger partial charge on any atom is -0.327 e. The van der Waals surface area contributed by atoms with E-state index >= 15 is 0 Å². The van der Waals surface area contributed by atoms with Crippen LogP contribution in [-0.4, -0.2) is 17.0 Å². The lowest BCUT2D eigenvalue weighted by Gasteiger charge is -2.28. The fourth-order valence-electron chi connectivity index (χ4n) is 2.54. The summed E-state index contributed by atoms with van der Waals surface area (Å²) in [7, 11) is 0. The quantitative estimate of drug-likeness (QED) is 0.759. The lowest BCUT2D eigenvalue weighted by molar-refractivity contribution is 0.282. The molecule has 0 amide bonds. The number of rotatable bonds is 5. The Kier molecular flexibility index (Phi) is 4.18. The monoisotopic (exact) mass is 213 g/mol. The first kappa shape index (κ1) is 10.8. The van der Waals surface area contributed by atoms with Crippen molar-refractivity contribution in [3.05, 3.63) is 0 Å². The molecular weight excluding hydrogens is 190 g/mol. The molecule has 0 spiro atoms. The van der Waals surface area contributed by atoms with E-state index in [9.17, 15) is 0 Å². The van der Waals surface area contributed by atoms with Gasteiger partial charge in [-0.25, -0.2) is 0 Å². The van der Waals surface area contributed by atoms with Crippen LogP contribution in [0.1, 0.15) is 51.4 Å². The molecule has 2 aliphatic rings. The second-order valence-corrected chi connectivity index (χ2v) is 6.37. The lowest BCUT2D eigenvalue weighted by Crippen LogP contribution is -2.29. The van der Waals surface area contributed by atoms with E-state index in [0.29, 0.717) is 6.04 Å². The Balaban J connectivity index is 1.54. The van der Waals surface area contributed by atoms with Crippen LogP contribution in [0.15, 0.2) is 0 Å². The fourth-order valence-corrected chi connectivity index (χ4v) is 3.86. The summed E-state index contributed by atoms with van der Waals surface area (Å²) in [5.74, 6) is 2.19. The molecule has 2 rings (SSSR count). The summed E-state index contributed by atoms with van der Waals surface area (Å²) in [6, 6.07) is 0.478. The molecule has 2 fully saturated rings. The number of thioether (sulfide) groups is 1. The minimum absolute atomic E-state index is 0.478. The van der Waals surface area contributed by atoms with Crippen LogP contribution in [0.5, 0.6) is 0 Å². The average Bonchev–Trinajstić information content (AvgIpc) is 2.60. The minimum atomic E-state index is 0.478. The highest BCUT2D eigenvalue weighted by molar-refractivity contribution is 7.99. The highest BCUT2D eigenvalue weighted by atomic mass is 32.2. The van der Waals surface area contributed by atoms with Gasteiger partial charge in [-0.05, 0) is 25.2 Å². The van der Waals surface area contributed by atoms with Crippen LogP contribution < -0.4 is 5.73 Å². The smallest absolute Gasteiger partial charge is 0.0133 e. The van der Waals surface area contributed by atoms with Crippen molar-refractivity contribution in [1.82, 2.24) is 0 Å². The van der Waals surface area contributed by atoms with Crippen molar-refractivity contribution < 1.29 is 0 Å². The van der Waals surface area contributed by atoms with E-state index in [1.165, 1.54) is 57.1 Å². The van der Waals surface area contributed by atoms with Gasteiger partial charge in [-0.3, -0.25) is 0 Å². The Morgan fingerprint density at radius 1 is 1.07 bits per heavy atom. The van der Waals surface area contributed by atoms with Crippen LogP contribution in [0.3, 0.4) is 0 Å². The zero-order valence-electron chi connectivity index (χ0n) is 9.08. The molecule has 0 aliphatic heterocycles. The van der Waals surface area contributed by atoms with E-state index in [0.717, 1.165) is 11.2 Å². The molecule has 0 radical (unpaired) electrons. The van der Waals surface area contributed by atoms with Crippen LogP contribution in [0, 0.1) is 5.92 Å². The Labute approximate surface area is 92.2 Å². The van der Waals surface area contributed by atoms with E-state index in [-0.39, 0.29) is 0 Å². The molecule has 0 aromatic heterocycles. The maximum absolute atomic E-state index is 6.14. The Bertz CT molecular complexity index is 162. The molecule has 0 aromatic carbocycles. The molecule has 2 heteroatoms. The third-order valence-electron chi connectivity index (χ3n) is 3.71. The van der Waals surface area contributed by atoms with Gasteiger partial charge in [0.2, 0.25) is 0 Å². The second kappa shape index (κ2) is 5.41. The summed E-state index contributed by atoms with van der Waals surface area (Å²) >= 11 is 2.14. The first-order valence-corrected chi connectivity index (χ1v) is 7.26. The molecule has 1 atom stereocenters. The summed E-state index contributed by atoms with van der Waals surface area (Å²) in [4.78, 5) is 0. The van der Waals surface area contributed by atoms with Gasteiger partial charge < -0.3 is 5.73 Å². The largest absolute Gasteiger partial charge is 0.327 e. The Morgan fingerprint density at radius 3 is 2.36 bits per heavy atom. The van der Waals surface area contributed by atoms with Gasteiger partial charge in [0, 0.05) is 17.0 Å². The van der Waals surface area contributed by atoms with Gasteiger partial charge >= 0.3 is 0 Å². The molecule has 0 aromatic rings. The second-order valence-electron chi connectivity index (χ2n) is 5.03. The van der Waals surface area contributed by atoms with Gasteiger partial charge in [0.25, 0.3) is 0 Å². The van der Waals surface area contributed by atoms with Crippen molar-refractivity contribution in [2.24, 2.45) is 11.7 Å². The third-order valence-corrected chi connectivity index (χ3v) is 5.27. The topological polar surface area (TPSA) is 26.0 Å². The molecule has 0 bridgehead atoms. The molecule has 14 heavy (non-hydrogen) atoms. The standard InChI is InChI=1S/C12H23NS/c13-11(8-10-4-3-5-10)9-14-12-6-1-2-7-12/h10-12H,1-9,13H2. The third kappa shape index (κ3) is 3.16. The number of nitrogens with two attached hydrogens (primary N) is 1. The predicted octanol–water partition coefficient (Wildman–Crippen LogP) is 3.18. The molecule has 82 valence electrons. The summed E-state index contributed by atoms with van der Waals surface area (Å²) in [5.41, 5.74) is 6.14. The van der Waals surface area contributed by atoms with Crippen molar-refractivity contribution in [2.75, 3.05) is 5.75 Å². The first-order chi connectivity index (χ1) is 6.84. The summed E-state index contributed by atoms with van der Waals surface area (Å²) in [5, 5.41) is 0.947. The van der Waals surface area contributed by atoms with Gasteiger partial charge in [0.1, 0.15) is 0 Å². The van der Waals surface area contributed by atoms with Crippen molar-refractivity contribution in [3.63, 3.8) is 0 Å². The molecular formula is C12H23NS. The summed E-state index contributed by atoms with van der Waals surface area (Å²) in [6.45, 7) is 0. The maximum Gasteiger partial charge on any atom is 0.0133 e. The maximum atomic E-state index is 6.14. The first-order valence-electron chi connectivity index (χ1n) is 6.22. The number of hydrogen-bond acceptors (Lipinski definition) is 2. The SMILES string of the molecule is NC(CSC1CCCC1)CC1CCC1. The van der Waals surface area contributed by atoms with E-state index in [4.69, 9.17) is 5.73 Å². The van der Waals surface area contributed by atoms with Crippen molar-refractivity contribution in [1.29, 1.82) is 0 Å². The van der Waals surface area contributed by atoms with Crippen molar-refractivity contribution in [3.8, 4) is 0 Å². The van der Waals surface area contributed by atoms with Gasteiger partial charge in [-0.15, -0.1) is 0 Å². The van der Waals surface area contributed by atoms with Crippen LogP contribution in [0.25, 0.3) is 0 Å². The molecule has 2 N–H and O–H groups in total. The Morgan fingerprint density at radius 2 is 1.79 bits per heavy atom.